The van der Waals surface area contributed by atoms with Crippen molar-refractivity contribution in [3.63, 3.8) is 0 Å². The van der Waals surface area contributed by atoms with Gasteiger partial charge in [0.15, 0.2) is 11.5 Å². The molecule has 0 fully saturated rings. The van der Waals surface area contributed by atoms with Crippen LogP contribution in [0.25, 0.3) is 0 Å². The Balaban J connectivity index is 1.97. The minimum Gasteiger partial charge on any atom is -0.493 e. The molecule has 140 valence electrons. The van der Waals surface area contributed by atoms with Gasteiger partial charge >= 0.3 is 0 Å². The highest BCUT2D eigenvalue weighted by atomic mass is 35.5. The Morgan fingerprint density at radius 3 is 2.46 bits per heavy atom. The first-order valence-electron chi connectivity index (χ1n) is 8.63. The first kappa shape index (κ1) is 20.1. The molecule has 0 radical (unpaired) electrons. The van der Waals surface area contributed by atoms with Crippen molar-refractivity contribution < 1.29 is 14.3 Å². The van der Waals surface area contributed by atoms with Gasteiger partial charge in [-0.2, -0.15) is 0 Å². The highest BCUT2D eigenvalue weighted by Crippen LogP contribution is 2.28. The lowest BCUT2D eigenvalue weighted by molar-refractivity contribution is -0.117. The first-order valence-corrected chi connectivity index (χ1v) is 9.01. The third-order valence-electron chi connectivity index (χ3n) is 3.88. The van der Waals surface area contributed by atoms with Gasteiger partial charge in [-0.25, -0.2) is 0 Å². The van der Waals surface area contributed by atoms with E-state index in [0.29, 0.717) is 30.5 Å². The number of methoxy groups -OCH3 is 1. The number of amides is 1. The molecule has 0 bridgehead atoms. The van der Waals surface area contributed by atoms with Crippen LogP contribution in [0.2, 0.25) is 5.02 Å². The van der Waals surface area contributed by atoms with Crippen LogP contribution in [-0.4, -0.2) is 37.6 Å². The van der Waals surface area contributed by atoms with E-state index in [1.165, 1.54) is 0 Å². The van der Waals surface area contributed by atoms with E-state index >= 15 is 0 Å². The molecule has 0 atom stereocenters. The average Bonchev–Trinajstić information content (AvgIpc) is 2.64. The molecule has 26 heavy (non-hydrogen) atoms. The fraction of sp³-hybridized carbons (Fsp3) is 0.350. The van der Waals surface area contributed by atoms with E-state index < -0.39 is 0 Å². The molecule has 0 aliphatic carbocycles. The van der Waals surface area contributed by atoms with E-state index in [-0.39, 0.29) is 5.91 Å². The molecular formula is C20H25ClN2O3. The third kappa shape index (κ3) is 5.93. The number of nitrogens with zero attached hydrogens (tertiary/aromatic N) is 1. The molecule has 2 rings (SSSR count). The van der Waals surface area contributed by atoms with Gasteiger partial charge in [0.25, 0.3) is 0 Å². The minimum absolute atomic E-state index is 0.0629. The number of ether oxygens (including phenoxy) is 2. The van der Waals surface area contributed by atoms with E-state index in [9.17, 15) is 4.79 Å². The van der Waals surface area contributed by atoms with Crippen molar-refractivity contribution in [2.45, 2.75) is 20.4 Å². The van der Waals surface area contributed by atoms with Crippen LogP contribution in [0.5, 0.6) is 11.5 Å². The van der Waals surface area contributed by atoms with Gasteiger partial charge in [0.1, 0.15) is 0 Å². The highest BCUT2D eigenvalue weighted by Gasteiger charge is 2.12. The summed E-state index contributed by atoms with van der Waals surface area (Å²) in [6.07, 6.45) is 0. The highest BCUT2D eigenvalue weighted by molar-refractivity contribution is 6.30. The molecule has 0 aliphatic heterocycles. The second-order valence-electron chi connectivity index (χ2n) is 5.78. The Hall–Kier alpha value is -2.24. The van der Waals surface area contributed by atoms with Crippen molar-refractivity contribution in [3.05, 3.63) is 53.1 Å². The minimum atomic E-state index is -0.0629. The fourth-order valence-corrected chi connectivity index (χ4v) is 2.69. The van der Waals surface area contributed by atoms with Gasteiger partial charge < -0.3 is 14.8 Å². The van der Waals surface area contributed by atoms with E-state index in [4.69, 9.17) is 21.1 Å². The lowest BCUT2D eigenvalue weighted by Gasteiger charge is -2.21. The number of carbonyl (C=O) groups excluding carboxylic acids is 1. The predicted molar refractivity (Wildman–Crippen MR) is 105 cm³/mol. The van der Waals surface area contributed by atoms with Crippen LogP contribution in [-0.2, 0) is 11.3 Å². The van der Waals surface area contributed by atoms with Crippen LogP contribution >= 0.6 is 11.6 Å². The van der Waals surface area contributed by atoms with Crippen LogP contribution in [0.3, 0.4) is 0 Å². The zero-order valence-corrected chi connectivity index (χ0v) is 16.2. The Morgan fingerprint density at radius 1 is 1.12 bits per heavy atom. The quantitative estimate of drug-likeness (QED) is 0.712. The van der Waals surface area contributed by atoms with Crippen molar-refractivity contribution >= 4 is 23.2 Å². The number of benzene rings is 2. The number of hydrogen-bond donors (Lipinski definition) is 1. The van der Waals surface area contributed by atoms with Crippen molar-refractivity contribution in [2.75, 3.05) is 32.1 Å². The van der Waals surface area contributed by atoms with Crippen LogP contribution in [0.15, 0.2) is 42.5 Å². The van der Waals surface area contributed by atoms with E-state index in [2.05, 4.69) is 10.2 Å². The smallest absolute Gasteiger partial charge is 0.238 e. The van der Waals surface area contributed by atoms with Gasteiger partial charge in [-0.1, -0.05) is 24.6 Å². The molecule has 0 saturated carbocycles. The summed E-state index contributed by atoms with van der Waals surface area (Å²) in [7, 11) is 1.62. The molecule has 5 nitrogen and oxygen atoms in total. The molecule has 0 aliphatic rings. The Labute approximate surface area is 159 Å². The number of carbonyl (C=O) groups is 1. The largest absolute Gasteiger partial charge is 0.493 e. The molecule has 2 aromatic carbocycles. The van der Waals surface area contributed by atoms with Crippen molar-refractivity contribution in [3.8, 4) is 11.5 Å². The maximum atomic E-state index is 12.3. The fourth-order valence-electron chi connectivity index (χ4n) is 2.56. The summed E-state index contributed by atoms with van der Waals surface area (Å²) in [6.45, 7) is 6.25. The van der Waals surface area contributed by atoms with Gasteiger partial charge in [-0.05, 0) is 55.4 Å². The molecule has 2 aromatic rings. The zero-order chi connectivity index (χ0) is 18.9. The second-order valence-corrected chi connectivity index (χ2v) is 6.21. The number of hydrogen-bond acceptors (Lipinski definition) is 4. The Kier molecular flexibility index (Phi) is 7.75. The number of rotatable bonds is 9. The van der Waals surface area contributed by atoms with Crippen LogP contribution in [0.1, 0.15) is 19.4 Å². The monoisotopic (exact) mass is 376 g/mol. The van der Waals surface area contributed by atoms with E-state index in [0.717, 1.165) is 23.5 Å². The molecule has 0 aromatic heterocycles. The maximum Gasteiger partial charge on any atom is 0.238 e. The lowest BCUT2D eigenvalue weighted by Crippen LogP contribution is -2.32. The summed E-state index contributed by atoms with van der Waals surface area (Å²) in [4.78, 5) is 14.3. The van der Waals surface area contributed by atoms with Crippen LogP contribution in [0.4, 0.5) is 5.69 Å². The molecule has 1 amide bonds. The predicted octanol–water partition coefficient (Wildman–Crippen LogP) is 4.21. The molecule has 1 N–H and O–H groups in total. The summed E-state index contributed by atoms with van der Waals surface area (Å²) in [5.41, 5.74) is 1.80. The van der Waals surface area contributed by atoms with Crippen molar-refractivity contribution in [1.29, 1.82) is 0 Å². The van der Waals surface area contributed by atoms with Gasteiger partial charge in [0.05, 0.1) is 20.3 Å². The molecule has 0 heterocycles. The van der Waals surface area contributed by atoms with E-state index in [1.54, 1.807) is 31.4 Å². The van der Waals surface area contributed by atoms with Crippen molar-refractivity contribution in [2.24, 2.45) is 0 Å². The average molecular weight is 377 g/mol. The summed E-state index contributed by atoms with van der Waals surface area (Å²) < 4.78 is 10.9. The maximum absolute atomic E-state index is 12.3. The summed E-state index contributed by atoms with van der Waals surface area (Å²) >= 11 is 5.86. The Morgan fingerprint density at radius 2 is 1.85 bits per heavy atom. The molecule has 0 spiro atoms. The number of nitrogens with one attached hydrogen (secondary N) is 1. The molecular weight excluding hydrogens is 352 g/mol. The first-order chi connectivity index (χ1) is 12.5. The lowest BCUT2D eigenvalue weighted by atomic mass is 10.2. The SMILES string of the molecule is CCOc1ccc(CN(CC)CC(=O)Nc2ccc(Cl)cc2)cc1OC. The van der Waals surface area contributed by atoms with Crippen LogP contribution < -0.4 is 14.8 Å². The van der Waals surface area contributed by atoms with Crippen molar-refractivity contribution in [1.82, 2.24) is 4.90 Å². The summed E-state index contributed by atoms with van der Waals surface area (Å²) in [5.74, 6) is 1.36. The zero-order valence-electron chi connectivity index (χ0n) is 15.4. The number of anilines is 1. The standard InChI is InChI=1S/C20H25ClN2O3/c1-4-23(14-20(24)22-17-9-7-16(21)8-10-17)13-15-6-11-18(26-5-2)19(12-15)25-3/h6-12H,4-5,13-14H2,1-3H3,(H,22,24). The Bertz CT molecular complexity index is 719. The molecule has 6 heteroatoms. The van der Waals surface area contributed by atoms with Gasteiger partial charge in [-0.15, -0.1) is 0 Å². The molecule has 0 unspecified atom stereocenters. The topological polar surface area (TPSA) is 50.8 Å². The van der Waals surface area contributed by atoms with E-state index in [1.807, 2.05) is 32.0 Å². The van der Waals surface area contributed by atoms with Gasteiger partial charge in [0.2, 0.25) is 5.91 Å². The molecule has 0 saturated heterocycles. The number of likely N-dealkylation sites (N-methyl/N-ethyl adjacent to an activating group) is 1. The number of halogens is 1. The van der Waals surface area contributed by atoms with Gasteiger partial charge in [0, 0.05) is 17.3 Å². The van der Waals surface area contributed by atoms with Gasteiger partial charge in [-0.3, -0.25) is 9.69 Å². The summed E-state index contributed by atoms with van der Waals surface area (Å²) in [5, 5.41) is 3.53. The summed E-state index contributed by atoms with van der Waals surface area (Å²) in [6, 6.07) is 12.9. The third-order valence-corrected chi connectivity index (χ3v) is 4.13. The second kappa shape index (κ2) is 10.0. The van der Waals surface area contributed by atoms with Crippen LogP contribution in [0, 0.1) is 0 Å². The normalized spacial score (nSPS) is 10.7.